The fourth-order valence-corrected chi connectivity index (χ4v) is 3.13. The minimum atomic E-state index is -0.500. The molecule has 1 aliphatic heterocycles. The lowest BCUT2D eigenvalue weighted by Gasteiger charge is -2.19. The molecule has 1 fully saturated rings. The molecule has 0 spiro atoms. The third-order valence-electron chi connectivity index (χ3n) is 4.54. The average Bonchev–Trinajstić information content (AvgIpc) is 3.15. The molecule has 4 heteroatoms. The third-order valence-corrected chi connectivity index (χ3v) is 4.54. The number of benzene rings is 2. The number of rotatable bonds is 6. The number of amides is 1. The first-order valence-corrected chi connectivity index (χ1v) is 9.05. The molecule has 3 rings (SSSR count). The van der Waals surface area contributed by atoms with Crippen LogP contribution in [0.1, 0.15) is 31.7 Å². The van der Waals surface area contributed by atoms with Crippen molar-refractivity contribution in [2.45, 2.75) is 39.2 Å². The number of ether oxygens (including phenoxy) is 1. The standard InChI is InChI=1S/C21H26N2O2/c1-3-20(25-19-8-6-7-16(2)15-19)21(24)22-17-9-11-18(12-10-17)23-13-4-5-14-23/h6-12,15,20H,3-5,13-14H2,1-2H3,(H,22,24)/t20-/m0/s1. The van der Waals surface area contributed by atoms with E-state index in [0.29, 0.717) is 6.42 Å². The molecule has 1 aliphatic rings. The van der Waals surface area contributed by atoms with E-state index >= 15 is 0 Å². The molecule has 25 heavy (non-hydrogen) atoms. The van der Waals surface area contributed by atoms with Gasteiger partial charge in [0, 0.05) is 24.5 Å². The summed E-state index contributed by atoms with van der Waals surface area (Å²) >= 11 is 0. The topological polar surface area (TPSA) is 41.6 Å². The van der Waals surface area contributed by atoms with Crippen LogP contribution in [0.15, 0.2) is 48.5 Å². The highest BCUT2D eigenvalue weighted by molar-refractivity contribution is 5.94. The maximum Gasteiger partial charge on any atom is 0.265 e. The molecule has 1 atom stereocenters. The Hall–Kier alpha value is -2.49. The van der Waals surface area contributed by atoms with Gasteiger partial charge in [0.05, 0.1) is 0 Å². The van der Waals surface area contributed by atoms with Gasteiger partial charge < -0.3 is 15.0 Å². The van der Waals surface area contributed by atoms with Gasteiger partial charge in [0.1, 0.15) is 5.75 Å². The Morgan fingerprint density at radius 1 is 1.16 bits per heavy atom. The predicted octanol–water partition coefficient (Wildman–Crippen LogP) is 4.39. The van der Waals surface area contributed by atoms with Crippen LogP contribution in [-0.4, -0.2) is 25.1 Å². The van der Waals surface area contributed by atoms with Gasteiger partial charge in [0.2, 0.25) is 0 Å². The van der Waals surface area contributed by atoms with Crippen LogP contribution in [0.2, 0.25) is 0 Å². The summed E-state index contributed by atoms with van der Waals surface area (Å²) in [5, 5.41) is 2.96. The van der Waals surface area contributed by atoms with Crippen LogP contribution in [0.4, 0.5) is 11.4 Å². The Morgan fingerprint density at radius 2 is 1.88 bits per heavy atom. The summed E-state index contributed by atoms with van der Waals surface area (Å²) < 4.78 is 5.86. The molecule has 2 aromatic rings. The van der Waals surface area contributed by atoms with Gasteiger partial charge in [0.25, 0.3) is 5.91 Å². The van der Waals surface area contributed by atoms with Gasteiger partial charge in [-0.25, -0.2) is 0 Å². The Balaban J connectivity index is 1.61. The van der Waals surface area contributed by atoms with Crippen molar-refractivity contribution >= 4 is 17.3 Å². The zero-order valence-electron chi connectivity index (χ0n) is 15.0. The van der Waals surface area contributed by atoms with Crippen LogP contribution in [0, 0.1) is 6.92 Å². The van der Waals surface area contributed by atoms with Crippen LogP contribution >= 0.6 is 0 Å². The van der Waals surface area contributed by atoms with E-state index in [-0.39, 0.29) is 5.91 Å². The van der Waals surface area contributed by atoms with Crippen molar-refractivity contribution in [3.8, 4) is 5.75 Å². The summed E-state index contributed by atoms with van der Waals surface area (Å²) in [6.07, 6.45) is 2.63. The van der Waals surface area contributed by atoms with Crippen LogP contribution in [0.5, 0.6) is 5.75 Å². The number of nitrogens with one attached hydrogen (secondary N) is 1. The first-order valence-electron chi connectivity index (χ1n) is 9.05. The van der Waals surface area contributed by atoms with E-state index in [1.807, 2.05) is 50.2 Å². The van der Waals surface area contributed by atoms with Crippen molar-refractivity contribution in [3.05, 3.63) is 54.1 Å². The van der Waals surface area contributed by atoms with Crippen molar-refractivity contribution in [2.24, 2.45) is 0 Å². The molecule has 1 N–H and O–H groups in total. The zero-order chi connectivity index (χ0) is 17.6. The van der Waals surface area contributed by atoms with E-state index in [0.717, 1.165) is 30.1 Å². The average molecular weight is 338 g/mol. The van der Waals surface area contributed by atoms with E-state index in [1.165, 1.54) is 18.5 Å². The Labute approximate surface area is 149 Å². The van der Waals surface area contributed by atoms with E-state index in [4.69, 9.17) is 4.74 Å². The highest BCUT2D eigenvalue weighted by Gasteiger charge is 2.19. The van der Waals surface area contributed by atoms with Gasteiger partial charge >= 0.3 is 0 Å². The van der Waals surface area contributed by atoms with Gasteiger partial charge in [-0.1, -0.05) is 19.1 Å². The summed E-state index contributed by atoms with van der Waals surface area (Å²) in [5.41, 5.74) is 3.14. The zero-order valence-corrected chi connectivity index (χ0v) is 15.0. The number of carbonyl (C=O) groups is 1. The molecule has 0 unspecified atom stereocenters. The second kappa shape index (κ2) is 8.06. The van der Waals surface area contributed by atoms with E-state index in [1.54, 1.807) is 0 Å². The lowest BCUT2D eigenvalue weighted by molar-refractivity contribution is -0.122. The number of hydrogen-bond donors (Lipinski definition) is 1. The monoisotopic (exact) mass is 338 g/mol. The normalized spacial score (nSPS) is 15.0. The van der Waals surface area contributed by atoms with Crippen LogP contribution < -0.4 is 15.0 Å². The number of aryl methyl sites for hydroxylation is 1. The van der Waals surface area contributed by atoms with Gasteiger partial charge in [-0.15, -0.1) is 0 Å². The highest BCUT2D eigenvalue weighted by atomic mass is 16.5. The lowest BCUT2D eigenvalue weighted by atomic mass is 10.2. The highest BCUT2D eigenvalue weighted by Crippen LogP contribution is 2.22. The summed E-state index contributed by atoms with van der Waals surface area (Å²) in [5.74, 6) is 0.615. The third kappa shape index (κ3) is 4.53. The van der Waals surface area contributed by atoms with E-state index in [9.17, 15) is 4.79 Å². The van der Waals surface area contributed by atoms with Gasteiger partial charge in [0.15, 0.2) is 6.10 Å². The van der Waals surface area contributed by atoms with Crippen LogP contribution in [0.3, 0.4) is 0 Å². The second-order valence-electron chi connectivity index (χ2n) is 6.56. The minimum Gasteiger partial charge on any atom is -0.481 e. The Morgan fingerprint density at radius 3 is 2.52 bits per heavy atom. The van der Waals surface area contributed by atoms with Gasteiger partial charge in [-0.05, 0) is 68.1 Å². The lowest BCUT2D eigenvalue weighted by Crippen LogP contribution is -2.32. The molecule has 0 aliphatic carbocycles. The fourth-order valence-electron chi connectivity index (χ4n) is 3.13. The van der Waals surface area contributed by atoms with E-state index in [2.05, 4.69) is 22.3 Å². The molecule has 0 aromatic heterocycles. The molecule has 0 bridgehead atoms. The Kier molecular flexibility index (Phi) is 5.59. The van der Waals surface area contributed by atoms with Crippen molar-refractivity contribution in [2.75, 3.05) is 23.3 Å². The molecule has 0 saturated carbocycles. The fraction of sp³-hybridized carbons (Fsp3) is 0.381. The molecular weight excluding hydrogens is 312 g/mol. The minimum absolute atomic E-state index is 0.113. The second-order valence-corrected chi connectivity index (χ2v) is 6.56. The quantitative estimate of drug-likeness (QED) is 0.849. The van der Waals surface area contributed by atoms with Crippen molar-refractivity contribution < 1.29 is 9.53 Å². The van der Waals surface area contributed by atoms with Crippen LogP contribution in [0.25, 0.3) is 0 Å². The molecular formula is C21H26N2O2. The molecule has 0 radical (unpaired) electrons. The number of anilines is 2. The maximum absolute atomic E-state index is 12.5. The Bertz CT molecular complexity index is 706. The molecule has 4 nitrogen and oxygen atoms in total. The molecule has 132 valence electrons. The maximum atomic E-state index is 12.5. The summed E-state index contributed by atoms with van der Waals surface area (Å²) in [7, 11) is 0. The molecule has 2 aromatic carbocycles. The molecule has 1 heterocycles. The largest absolute Gasteiger partial charge is 0.481 e. The summed E-state index contributed by atoms with van der Waals surface area (Å²) in [6.45, 7) is 6.20. The smallest absolute Gasteiger partial charge is 0.265 e. The van der Waals surface area contributed by atoms with Crippen LogP contribution in [-0.2, 0) is 4.79 Å². The predicted molar refractivity (Wildman–Crippen MR) is 102 cm³/mol. The molecule has 1 saturated heterocycles. The number of carbonyl (C=O) groups excluding carboxylic acids is 1. The molecule has 1 amide bonds. The number of hydrogen-bond acceptors (Lipinski definition) is 3. The number of nitrogens with zero attached hydrogens (tertiary/aromatic N) is 1. The first kappa shape index (κ1) is 17.3. The van der Waals surface area contributed by atoms with Gasteiger partial charge in [-0.3, -0.25) is 4.79 Å². The van der Waals surface area contributed by atoms with E-state index < -0.39 is 6.10 Å². The SMILES string of the molecule is CC[C@H](Oc1cccc(C)c1)C(=O)Nc1ccc(N2CCCC2)cc1. The summed E-state index contributed by atoms with van der Waals surface area (Å²) in [4.78, 5) is 14.9. The van der Waals surface area contributed by atoms with Crippen molar-refractivity contribution in [1.82, 2.24) is 0 Å². The van der Waals surface area contributed by atoms with Crippen molar-refractivity contribution in [3.63, 3.8) is 0 Å². The summed E-state index contributed by atoms with van der Waals surface area (Å²) in [6, 6.07) is 15.8. The van der Waals surface area contributed by atoms with Crippen molar-refractivity contribution in [1.29, 1.82) is 0 Å². The first-order chi connectivity index (χ1) is 12.2. The van der Waals surface area contributed by atoms with Gasteiger partial charge in [-0.2, -0.15) is 0 Å².